The molecule has 0 saturated carbocycles. The third-order valence-corrected chi connectivity index (χ3v) is 3.12. The van der Waals surface area contributed by atoms with Crippen molar-refractivity contribution in [1.29, 1.82) is 0 Å². The van der Waals surface area contributed by atoms with Crippen molar-refractivity contribution in [2.24, 2.45) is 0 Å². The largest absolute Gasteiger partial charge is 0.451 e. The van der Waals surface area contributed by atoms with Gasteiger partial charge >= 0.3 is 5.97 Å². The maximum Gasteiger partial charge on any atom is 0.357 e. The molecule has 1 heterocycles. The molecule has 0 aliphatic rings. The van der Waals surface area contributed by atoms with Crippen LogP contribution < -0.4 is 5.32 Å². The number of pyridine rings is 1. The number of carbonyl (C=O) groups is 2. The van der Waals surface area contributed by atoms with Crippen LogP contribution in [-0.2, 0) is 9.53 Å². The Labute approximate surface area is 133 Å². The fourth-order valence-corrected chi connectivity index (χ4v) is 1.93. The van der Waals surface area contributed by atoms with Gasteiger partial charge < -0.3 is 10.1 Å². The number of ether oxygens (including phenoxy) is 1. The van der Waals surface area contributed by atoms with E-state index in [4.69, 9.17) is 16.3 Å². The minimum absolute atomic E-state index is 0.160. The number of amides is 1. The number of esters is 1. The zero-order chi connectivity index (χ0) is 15.9. The standard InChI is InChI=1S/C16H15ClN2O3/c1-11(20)18-10-15(12-5-3-2-4-6-12)22-16(21)14-8-7-13(17)9-19-14/h2-9,15H,10H2,1H3,(H,18,20). The van der Waals surface area contributed by atoms with Crippen molar-refractivity contribution in [3.05, 3.63) is 64.9 Å². The Bertz CT molecular complexity index is 644. The molecule has 0 spiro atoms. The van der Waals surface area contributed by atoms with Crippen LogP contribution in [0.25, 0.3) is 0 Å². The lowest BCUT2D eigenvalue weighted by molar-refractivity contribution is -0.119. The number of nitrogens with one attached hydrogen (secondary N) is 1. The highest BCUT2D eigenvalue weighted by molar-refractivity contribution is 6.30. The van der Waals surface area contributed by atoms with E-state index in [9.17, 15) is 9.59 Å². The molecule has 2 rings (SSSR count). The molecule has 1 unspecified atom stereocenters. The van der Waals surface area contributed by atoms with Crippen molar-refractivity contribution in [2.45, 2.75) is 13.0 Å². The lowest BCUT2D eigenvalue weighted by Crippen LogP contribution is -2.28. The van der Waals surface area contributed by atoms with Crippen LogP contribution in [0.4, 0.5) is 0 Å². The fourth-order valence-electron chi connectivity index (χ4n) is 1.82. The van der Waals surface area contributed by atoms with Crippen LogP contribution >= 0.6 is 11.6 Å². The molecule has 1 aromatic heterocycles. The van der Waals surface area contributed by atoms with Crippen molar-refractivity contribution in [3.8, 4) is 0 Å². The molecule has 0 saturated heterocycles. The number of hydrogen-bond acceptors (Lipinski definition) is 4. The van der Waals surface area contributed by atoms with Crippen molar-refractivity contribution in [3.63, 3.8) is 0 Å². The second-order valence-electron chi connectivity index (χ2n) is 4.60. The number of rotatable bonds is 5. The van der Waals surface area contributed by atoms with Crippen LogP contribution in [0.1, 0.15) is 29.1 Å². The van der Waals surface area contributed by atoms with E-state index < -0.39 is 12.1 Å². The molecule has 0 fully saturated rings. The molecule has 22 heavy (non-hydrogen) atoms. The molecular weight excluding hydrogens is 304 g/mol. The molecule has 0 aliphatic heterocycles. The molecule has 0 aliphatic carbocycles. The number of hydrogen-bond donors (Lipinski definition) is 1. The minimum Gasteiger partial charge on any atom is -0.451 e. The molecule has 1 amide bonds. The maximum absolute atomic E-state index is 12.1. The summed E-state index contributed by atoms with van der Waals surface area (Å²) in [6.45, 7) is 1.60. The minimum atomic E-state index is -0.588. The van der Waals surface area contributed by atoms with Gasteiger partial charge in [-0.1, -0.05) is 41.9 Å². The second kappa shape index (κ2) is 7.56. The molecule has 2 aromatic rings. The Morgan fingerprint density at radius 3 is 2.55 bits per heavy atom. The van der Waals surface area contributed by atoms with E-state index in [1.807, 2.05) is 30.3 Å². The summed E-state index contributed by atoms with van der Waals surface area (Å²) in [5.41, 5.74) is 0.951. The first-order chi connectivity index (χ1) is 10.6. The van der Waals surface area contributed by atoms with Gasteiger partial charge in [0.1, 0.15) is 11.8 Å². The zero-order valence-electron chi connectivity index (χ0n) is 12.0. The first-order valence-corrected chi connectivity index (χ1v) is 7.06. The van der Waals surface area contributed by atoms with Gasteiger partial charge in [0.25, 0.3) is 0 Å². The van der Waals surface area contributed by atoms with Crippen molar-refractivity contribution in [2.75, 3.05) is 6.54 Å². The van der Waals surface area contributed by atoms with Gasteiger partial charge in [-0.2, -0.15) is 0 Å². The summed E-state index contributed by atoms with van der Waals surface area (Å²) in [7, 11) is 0. The molecule has 114 valence electrons. The van der Waals surface area contributed by atoms with Gasteiger partial charge in [-0.3, -0.25) is 4.79 Å². The summed E-state index contributed by atoms with van der Waals surface area (Å²) < 4.78 is 5.45. The zero-order valence-corrected chi connectivity index (χ0v) is 12.7. The number of halogens is 1. The Morgan fingerprint density at radius 2 is 1.95 bits per heavy atom. The first-order valence-electron chi connectivity index (χ1n) is 6.68. The average Bonchev–Trinajstić information content (AvgIpc) is 2.52. The molecule has 6 heteroatoms. The number of benzene rings is 1. The SMILES string of the molecule is CC(=O)NCC(OC(=O)c1ccc(Cl)cn1)c1ccccc1. The van der Waals surface area contributed by atoms with Gasteiger partial charge in [0.15, 0.2) is 0 Å². The van der Waals surface area contributed by atoms with E-state index in [1.54, 1.807) is 6.07 Å². The van der Waals surface area contributed by atoms with Crippen LogP contribution in [0.3, 0.4) is 0 Å². The third kappa shape index (κ3) is 4.56. The number of nitrogens with zero attached hydrogens (tertiary/aromatic N) is 1. The fraction of sp³-hybridized carbons (Fsp3) is 0.188. The van der Waals surface area contributed by atoms with E-state index >= 15 is 0 Å². The quantitative estimate of drug-likeness (QED) is 0.861. The number of aromatic nitrogens is 1. The van der Waals surface area contributed by atoms with Gasteiger partial charge in [0.2, 0.25) is 5.91 Å². The predicted octanol–water partition coefficient (Wildman–Crippen LogP) is 2.77. The van der Waals surface area contributed by atoms with E-state index in [-0.39, 0.29) is 18.1 Å². The first kappa shape index (κ1) is 16.0. The molecule has 5 nitrogen and oxygen atoms in total. The Balaban J connectivity index is 2.13. The van der Waals surface area contributed by atoms with Gasteiger partial charge in [0.05, 0.1) is 11.6 Å². The molecular formula is C16H15ClN2O3. The van der Waals surface area contributed by atoms with Crippen molar-refractivity contribution < 1.29 is 14.3 Å². The van der Waals surface area contributed by atoms with E-state index in [0.717, 1.165) is 5.56 Å². The summed E-state index contributed by atoms with van der Waals surface area (Å²) in [5, 5.41) is 3.09. The monoisotopic (exact) mass is 318 g/mol. The molecule has 1 N–H and O–H groups in total. The highest BCUT2D eigenvalue weighted by Gasteiger charge is 2.19. The molecule has 0 radical (unpaired) electrons. The summed E-state index contributed by atoms with van der Waals surface area (Å²) in [6, 6.07) is 12.3. The highest BCUT2D eigenvalue weighted by atomic mass is 35.5. The van der Waals surface area contributed by atoms with Crippen molar-refractivity contribution >= 4 is 23.5 Å². The average molecular weight is 319 g/mol. The molecule has 1 atom stereocenters. The van der Waals surface area contributed by atoms with Crippen LogP contribution in [-0.4, -0.2) is 23.4 Å². The smallest absolute Gasteiger partial charge is 0.357 e. The lowest BCUT2D eigenvalue weighted by atomic mass is 10.1. The lowest BCUT2D eigenvalue weighted by Gasteiger charge is -2.18. The predicted molar refractivity (Wildman–Crippen MR) is 82.5 cm³/mol. The van der Waals surface area contributed by atoms with Crippen LogP contribution in [0.5, 0.6) is 0 Å². The van der Waals surface area contributed by atoms with Crippen LogP contribution in [0.2, 0.25) is 5.02 Å². The Kier molecular flexibility index (Phi) is 5.49. The van der Waals surface area contributed by atoms with Crippen molar-refractivity contribution in [1.82, 2.24) is 10.3 Å². The Hall–Kier alpha value is -2.40. The normalized spacial score (nSPS) is 11.5. The van der Waals surface area contributed by atoms with Gasteiger partial charge in [0, 0.05) is 13.1 Å². The molecule has 1 aromatic carbocycles. The Morgan fingerprint density at radius 1 is 1.23 bits per heavy atom. The second-order valence-corrected chi connectivity index (χ2v) is 5.04. The van der Waals surface area contributed by atoms with Gasteiger partial charge in [-0.05, 0) is 17.7 Å². The van der Waals surface area contributed by atoms with Gasteiger partial charge in [-0.15, -0.1) is 0 Å². The summed E-state index contributed by atoms with van der Waals surface area (Å²) in [6.07, 6.45) is 0.791. The topological polar surface area (TPSA) is 68.3 Å². The summed E-state index contributed by atoms with van der Waals surface area (Å²) >= 11 is 5.74. The van der Waals surface area contributed by atoms with Crippen LogP contribution in [0, 0.1) is 0 Å². The maximum atomic E-state index is 12.1. The summed E-state index contributed by atoms with van der Waals surface area (Å²) in [4.78, 5) is 27.2. The van der Waals surface area contributed by atoms with Gasteiger partial charge in [-0.25, -0.2) is 9.78 Å². The van der Waals surface area contributed by atoms with E-state index in [0.29, 0.717) is 5.02 Å². The molecule has 0 bridgehead atoms. The number of carbonyl (C=O) groups excluding carboxylic acids is 2. The third-order valence-electron chi connectivity index (χ3n) is 2.89. The summed E-state index contributed by atoms with van der Waals surface area (Å²) in [5.74, 6) is -0.766. The van der Waals surface area contributed by atoms with E-state index in [2.05, 4.69) is 10.3 Å². The highest BCUT2D eigenvalue weighted by Crippen LogP contribution is 2.18. The van der Waals surface area contributed by atoms with E-state index in [1.165, 1.54) is 19.2 Å². The van der Waals surface area contributed by atoms with Crippen LogP contribution in [0.15, 0.2) is 48.7 Å².